The Morgan fingerprint density at radius 1 is 1.53 bits per heavy atom. The molecule has 1 aromatic rings. The fraction of sp³-hybridized carbons (Fsp3) is 0.0909. The third kappa shape index (κ3) is 3.13. The molecule has 0 aliphatic heterocycles. The quantitative estimate of drug-likeness (QED) is 0.677. The fourth-order valence-corrected chi connectivity index (χ4v) is 1.80. The van der Waals surface area contributed by atoms with Gasteiger partial charge in [-0.2, -0.15) is 5.26 Å². The highest BCUT2D eigenvalue weighted by Gasteiger charge is 2.11. The summed E-state index contributed by atoms with van der Waals surface area (Å²) in [6, 6.07) is 4.70. The van der Waals surface area contributed by atoms with Crippen molar-refractivity contribution < 1.29 is 9.53 Å². The maximum absolute atomic E-state index is 10.9. The highest BCUT2D eigenvalue weighted by molar-refractivity contribution is 6.36. The highest BCUT2D eigenvalue weighted by atomic mass is 35.5. The molecule has 0 atom stereocenters. The molecule has 17 heavy (non-hydrogen) atoms. The Morgan fingerprint density at radius 3 is 2.65 bits per heavy atom. The summed E-state index contributed by atoms with van der Waals surface area (Å²) in [5.74, 6) is -0.504. The van der Waals surface area contributed by atoms with Crippen LogP contribution in [0.5, 0.6) is 5.75 Å². The first kappa shape index (κ1) is 13.4. The van der Waals surface area contributed by atoms with Crippen molar-refractivity contribution >= 4 is 35.2 Å². The Kier molecular flexibility index (Phi) is 4.38. The first-order chi connectivity index (χ1) is 7.99. The molecule has 0 heterocycles. The van der Waals surface area contributed by atoms with E-state index in [2.05, 4.69) is 0 Å². The second-order valence-electron chi connectivity index (χ2n) is 3.04. The van der Waals surface area contributed by atoms with E-state index in [9.17, 15) is 4.79 Å². The van der Waals surface area contributed by atoms with E-state index in [4.69, 9.17) is 38.9 Å². The van der Waals surface area contributed by atoms with Gasteiger partial charge in [-0.1, -0.05) is 23.2 Å². The number of methoxy groups -OCH3 is 1. The Morgan fingerprint density at radius 2 is 2.18 bits per heavy atom. The van der Waals surface area contributed by atoms with Gasteiger partial charge in [0.15, 0.2) is 0 Å². The molecule has 0 radical (unpaired) electrons. The van der Waals surface area contributed by atoms with Crippen LogP contribution >= 0.6 is 23.2 Å². The van der Waals surface area contributed by atoms with E-state index >= 15 is 0 Å². The summed E-state index contributed by atoms with van der Waals surface area (Å²) in [6.45, 7) is 0. The molecular formula is C11H8Cl2N2O2. The number of halogens is 2. The average molecular weight is 271 g/mol. The lowest BCUT2D eigenvalue weighted by molar-refractivity contribution is -0.114. The number of primary amides is 1. The van der Waals surface area contributed by atoms with Crippen molar-refractivity contribution in [2.24, 2.45) is 5.73 Å². The summed E-state index contributed by atoms with van der Waals surface area (Å²) >= 11 is 11.7. The van der Waals surface area contributed by atoms with Gasteiger partial charge in [-0.3, -0.25) is 4.79 Å². The molecule has 0 unspecified atom stereocenters. The van der Waals surface area contributed by atoms with Gasteiger partial charge in [0.1, 0.15) is 17.4 Å². The largest absolute Gasteiger partial charge is 0.495 e. The smallest absolute Gasteiger partial charge is 0.259 e. The van der Waals surface area contributed by atoms with E-state index in [1.54, 1.807) is 6.07 Å². The third-order valence-corrected chi connectivity index (χ3v) is 2.43. The first-order valence-electron chi connectivity index (χ1n) is 4.44. The number of nitrogens with zero attached hydrogens (tertiary/aromatic N) is 1. The number of carbonyl (C=O) groups excluding carboxylic acids is 1. The van der Waals surface area contributed by atoms with Crippen LogP contribution < -0.4 is 10.5 Å². The maximum Gasteiger partial charge on any atom is 0.259 e. The van der Waals surface area contributed by atoms with Gasteiger partial charge in [0.05, 0.1) is 12.1 Å². The fourth-order valence-electron chi connectivity index (χ4n) is 1.22. The summed E-state index contributed by atoms with van der Waals surface area (Å²) in [5, 5.41) is 9.38. The van der Waals surface area contributed by atoms with Gasteiger partial charge < -0.3 is 10.5 Å². The highest BCUT2D eigenvalue weighted by Crippen LogP contribution is 2.33. The lowest BCUT2D eigenvalue weighted by Crippen LogP contribution is -2.12. The van der Waals surface area contributed by atoms with Crippen molar-refractivity contribution in [1.29, 1.82) is 5.26 Å². The van der Waals surface area contributed by atoms with Gasteiger partial charge in [0.25, 0.3) is 5.91 Å². The molecule has 1 rings (SSSR count). The maximum atomic E-state index is 10.9. The zero-order valence-electron chi connectivity index (χ0n) is 8.83. The Bertz CT molecular complexity index is 533. The minimum atomic E-state index is -0.828. The van der Waals surface area contributed by atoms with Crippen LogP contribution in [0.1, 0.15) is 5.56 Å². The summed E-state index contributed by atoms with van der Waals surface area (Å²) in [5.41, 5.74) is 5.24. The number of benzene rings is 1. The molecule has 1 amide bonds. The average Bonchev–Trinajstić information content (AvgIpc) is 2.24. The molecule has 6 heteroatoms. The molecular weight excluding hydrogens is 263 g/mol. The van der Waals surface area contributed by atoms with E-state index in [0.29, 0.717) is 16.3 Å². The van der Waals surface area contributed by atoms with Crippen molar-refractivity contribution in [2.45, 2.75) is 0 Å². The van der Waals surface area contributed by atoms with Crippen molar-refractivity contribution in [3.63, 3.8) is 0 Å². The summed E-state index contributed by atoms with van der Waals surface area (Å²) in [6.07, 6.45) is 1.28. The SMILES string of the molecule is COc1c(Cl)cc(Cl)cc1/C=C(/C#N)C(N)=O. The second kappa shape index (κ2) is 5.58. The van der Waals surface area contributed by atoms with Crippen molar-refractivity contribution in [1.82, 2.24) is 0 Å². The molecule has 0 saturated heterocycles. The Balaban J connectivity index is 3.41. The van der Waals surface area contributed by atoms with E-state index < -0.39 is 5.91 Å². The van der Waals surface area contributed by atoms with Gasteiger partial charge in [0, 0.05) is 10.6 Å². The van der Waals surface area contributed by atoms with Gasteiger partial charge in [-0.05, 0) is 18.2 Å². The van der Waals surface area contributed by atoms with Gasteiger partial charge in [-0.15, -0.1) is 0 Å². The Hall–Kier alpha value is -1.70. The molecule has 88 valence electrons. The zero-order valence-corrected chi connectivity index (χ0v) is 10.3. The van der Waals surface area contributed by atoms with Crippen LogP contribution in [0, 0.1) is 11.3 Å². The molecule has 2 N–H and O–H groups in total. The number of hydrogen-bond donors (Lipinski definition) is 1. The standard InChI is InChI=1S/C11H8Cl2N2O2/c1-17-10-6(2-7(5-14)11(15)16)3-8(12)4-9(10)13/h2-4H,1H3,(H2,15,16)/b7-2-. The molecule has 0 spiro atoms. The van der Waals surface area contributed by atoms with Crippen molar-refractivity contribution in [2.75, 3.05) is 7.11 Å². The number of nitriles is 1. The van der Waals surface area contributed by atoms with Crippen LogP contribution in [0.2, 0.25) is 10.0 Å². The van der Waals surface area contributed by atoms with Crippen LogP contribution in [0.15, 0.2) is 17.7 Å². The van der Waals surface area contributed by atoms with Crippen LogP contribution in [-0.4, -0.2) is 13.0 Å². The molecule has 0 fully saturated rings. The predicted molar refractivity (Wildman–Crippen MR) is 65.8 cm³/mol. The number of nitrogens with two attached hydrogens (primary N) is 1. The van der Waals surface area contributed by atoms with E-state index in [0.717, 1.165) is 0 Å². The number of rotatable bonds is 3. The van der Waals surface area contributed by atoms with Crippen molar-refractivity contribution in [3.8, 4) is 11.8 Å². The second-order valence-corrected chi connectivity index (χ2v) is 3.89. The third-order valence-electron chi connectivity index (χ3n) is 1.93. The molecule has 4 nitrogen and oxygen atoms in total. The molecule has 0 aliphatic carbocycles. The van der Waals surface area contributed by atoms with E-state index in [1.807, 2.05) is 0 Å². The number of amides is 1. The van der Waals surface area contributed by atoms with Gasteiger partial charge in [0.2, 0.25) is 0 Å². The molecule has 0 aromatic heterocycles. The van der Waals surface area contributed by atoms with E-state index in [1.165, 1.54) is 25.3 Å². The summed E-state index contributed by atoms with van der Waals surface area (Å²) in [7, 11) is 1.42. The summed E-state index contributed by atoms with van der Waals surface area (Å²) < 4.78 is 5.06. The first-order valence-corrected chi connectivity index (χ1v) is 5.19. The van der Waals surface area contributed by atoms with Crippen LogP contribution in [-0.2, 0) is 4.79 Å². The topological polar surface area (TPSA) is 76.1 Å². The summed E-state index contributed by atoms with van der Waals surface area (Å²) in [4.78, 5) is 10.9. The van der Waals surface area contributed by atoms with Gasteiger partial charge >= 0.3 is 0 Å². The Labute approximate surface area is 108 Å². The minimum absolute atomic E-state index is 0.207. The number of ether oxygens (including phenoxy) is 1. The molecule has 1 aromatic carbocycles. The van der Waals surface area contributed by atoms with Crippen LogP contribution in [0.4, 0.5) is 0 Å². The van der Waals surface area contributed by atoms with Gasteiger partial charge in [-0.25, -0.2) is 0 Å². The lowest BCUT2D eigenvalue weighted by atomic mass is 10.1. The predicted octanol–water partition coefficient (Wildman–Crippen LogP) is 2.39. The normalized spacial score (nSPS) is 10.8. The van der Waals surface area contributed by atoms with Crippen molar-refractivity contribution in [3.05, 3.63) is 33.3 Å². The molecule has 0 saturated carbocycles. The van der Waals surface area contributed by atoms with Crippen LogP contribution in [0.25, 0.3) is 6.08 Å². The lowest BCUT2D eigenvalue weighted by Gasteiger charge is -2.08. The number of hydrogen-bond acceptors (Lipinski definition) is 3. The minimum Gasteiger partial charge on any atom is -0.495 e. The zero-order chi connectivity index (χ0) is 13.0. The van der Waals surface area contributed by atoms with E-state index in [-0.39, 0.29) is 10.6 Å². The number of carbonyl (C=O) groups is 1. The molecule has 0 bridgehead atoms. The van der Waals surface area contributed by atoms with Crippen LogP contribution in [0.3, 0.4) is 0 Å². The monoisotopic (exact) mass is 270 g/mol. The molecule has 0 aliphatic rings.